The standard InChI is InChI=1S/C18H21F3N2O2/c1-6-14(11(4)24-5)22-9-12-7-13(18(19,20)21)16-15(8-12)23-17(25-16)10(2)3/h1,7-8,10-11,14,22H,9H2,2-5H3/t11-,14-/m0/s1. The van der Waals surface area contributed by atoms with Crippen LogP contribution in [0.3, 0.4) is 0 Å². The second-order valence-corrected chi connectivity index (χ2v) is 6.16. The van der Waals surface area contributed by atoms with Crippen LogP contribution in [0.25, 0.3) is 11.1 Å². The molecule has 1 aromatic heterocycles. The summed E-state index contributed by atoms with van der Waals surface area (Å²) in [7, 11) is 1.52. The van der Waals surface area contributed by atoms with Gasteiger partial charge in [-0.3, -0.25) is 5.32 Å². The van der Waals surface area contributed by atoms with Crippen LogP contribution in [0.4, 0.5) is 13.2 Å². The number of oxazole rings is 1. The first-order valence-corrected chi connectivity index (χ1v) is 7.90. The molecule has 7 heteroatoms. The molecule has 0 aliphatic carbocycles. The Morgan fingerprint density at radius 2 is 2.00 bits per heavy atom. The normalized spacial score (nSPS) is 14.7. The zero-order valence-electron chi connectivity index (χ0n) is 14.6. The van der Waals surface area contributed by atoms with E-state index in [2.05, 4.69) is 16.2 Å². The minimum Gasteiger partial charge on any atom is -0.440 e. The summed E-state index contributed by atoms with van der Waals surface area (Å²) in [6.07, 6.45) is 0.637. The molecule has 4 nitrogen and oxygen atoms in total. The van der Waals surface area contributed by atoms with Crippen LogP contribution in [0.1, 0.15) is 43.7 Å². The molecule has 2 rings (SSSR count). The summed E-state index contributed by atoms with van der Waals surface area (Å²) in [4.78, 5) is 4.19. The van der Waals surface area contributed by atoms with Gasteiger partial charge in [0.2, 0.25) is 0 Å². The van der Waals surface area contributed by atoms with Gasteiger partial charge in [0.1, 0.15) is 11.1 Å². The third kappa shape index (κ3) is 4.33. The number of benzene rings is 1. The predicted molar refractivity (Wildman–Crippen MR) is 89.0 cm³/mol. The summed E-state index contributed by atoms with van der Waals surface area (Å²) in [6.45, 7) is 5.56. The molecule has 0 saturated heterocycles. The maximum Gasteiger partial charge on any atom is 0.420 e. The maximum atomic E-state index is 13.4. The van der Waals surface area contributed by atoms with Crippen molar-refractivity contribution < 1.29 is 22.3 Å². The lowest BCUT2D eigenvalue weighted by Gasteiger charge is -2.19. The molecule has 1 aromatic carbocycles. The molecule has 136 valence electrons. The van der Waals surface area contributed by atoms with Gasteiger partial charge in [0, 0.05) is 19.6 Å². The summed E-state index contributed by atoms with van der Waals surface area (Å²) < 4.78 is 50.7. The highest BCUT2D eigenvalue weighted by Crippen LogP contribution is 2.37. The fourth-order valence-electron chi connectivity index (χ4n) is 2.39. The Kier molecular flexibility index (Phi) is 5.76. The van der Waals surface area contributed by atoms with Crippen LogP contribution in [0.2, 0.25) is 0 Å². The van der Waals surface area contributed by atoms with Gasteiger partial charge >= 0.3 is 6.18 Å². The van der Waals surface area contributed by atoms with E-state index in [1.807, 2.05) is 13.8 Å². The van der Waals surface area contributed by atoms with E-state index in [4.69, 9.17) is 15.6 Å². The molecule has 1 N–H and O–H groups in total. The van der Waals surface area contributed by atoms with Gasteiger partial charge in [-0.25, -0.2) is 4.98 Å². The summed E-state index contributed by atoms with van der Waals surface area (Å²) >= 11 is 0. The highest BCUT2D eigenvalue weighted by molar-refractivity contribution is 5.78. The fourth-order valence-corrected chi connectivity index (χ4v) is 2.39. The second kappa shape index (κ2) is 7.46. The SMILES string of the molecule is C#C[C@H](NCc1cc(C(F)(F)F)c2oc(C(C)C)nc2c1)[C@H](C)OC. The Balaban J connectivity index is 2.39. The number of hydrogen-bond donors (Lipinski definition) is 1. The average molecular weight is 354 g/mol. The number of fused-ring (bicyclic) bond motifs is 1. The smallest absolute Gasteiger partial charge is 0.420 e. The number of nitrogens with zero attached hydrogens (tertiary/aromatic N) is 1. The monoisotopic (exact) mass is 354 g/mol. The lowest BCUT2D eigenvalue weighted by atomic mass is 10.1. The first kappa shape index (κ1) is 19.3. The molecule has 0 aliphatic heterocycles. The molecule has 0 amide bonds. The van der Waals surface area contributed by atoms with Gasteiger partial charge in [0.25, 0.3) is 0 Å². The number of rotatable bonds is 6. The average Bonchev–Trinajstić information content (AvgIpc) is 2.97. The molecule has 0 fully saturated rings. The molecule has 2 atom stereocenters. The molecule has 0 bridgehead atoms. The van der Waals surface area contributed by atoms with Crippen molar-refractivity contribution in [2.75, 3.05) is 7.11 Å². The summed E-state index contributed by atoms with van der Waals surface area (Å²) in [5, 5.41) is 3.02. The van der Waals surface area contributed by atoms with Crippen molar-refractivity contribution in [2.45, 2.75) is 51.6 Å². The quantitative estimate of drug-likeness (QED) is 0.794. The highest BCUT2D eigenvalue weighted by Gasteiger charge is 2.35. The van der Waals surface area contributed by atoms with E-state index in [-0.39, 0.29) is 35.6 Å². The van der Waals surface area contributed by atoms with Gasteiger partial charge in [0.05, 0.1) is 12.1 Å². The van der Waals surface area contributed by atoms with Crippen LogP contribution >= 0.6 is 0 Å². The topological polar surface area (TPSA) is 47.3 Å². The minimum atomic E-state index is -4.53. The second-order valence-electron chi connectivity index (χ2n) is 6.16. The summed E-state index contributed by atoms with van der Waals surface area (Å²) in [5.74, 6) is 2.70. The van der Waals surface area contributed by atoms with Crippen molar-refractivity contribution in [3.63, 3.8) is 0 Å². The fraction of sp³-hybridized carbons (Fsp3) is 0.500. The van der Waals surface area contributed by atoms with Gasteiger partial charge < -0.3 is 9.15 Å². The molecular weight excluding hydrogens is 333 g/mol. The number of hydrogen-bond acceptors (Lipinski definition) is 4. The van der Waals surface area contributed by atoms with Crippen molar-refractivity contribution in [2.24, 2.45) is 0 Å². The number of alkyl halides is 3. The molecule has 0 saturated carbocycles. The predicted octanol–water partition coefficient (Wildman–Crippen LogP) is 4.10. The van der Waals surface area contributed by atoms with Crippen molar-refractivity contribution >= 4 is 11.1 Å². The first-order valence-electron chi connectivity index (χ1n) is 7.90. The molecule has 2 aromatic rings. The van der Waals surface area contributed by atoms with Gasteiger partial charge in [-0.15, -0.1) is 6.42 Å². The van der Waals surface area contributed by atoms with E-state index in [1.54, 1.807) is 13.0 Å². The number of ether oxygens (including phenoxy) is 1. The third-order valence-corrected chi connectivity index (χ3v) is 3.91. The Labute approximate surface area is 144 Å². The van der Waals surface area contributed by atoms with Crippen LogP contribution in [0.5, 0.6) is 0 Å². The Morgan fingerprint density at radius 3 is 2.52 bits per heavy atom. The molecule has 0 radical (unpaired) electrons. The number of terminal acetylenes is 1. The van der Waals surface area contributed by atoms with E-state index in [1.165, 1.54) is 7.11 Å². The zero-order chi connectivity index (χ0) is 18.8. The van der Waals surface area contributed by atoms with Crippen LogP contribution in [-0.4, -0.2) is 24.2 Å². The van der Waals surface area contributed by atoms with E-state index in [0.29, 0.717) is 5.56 Å². The van der Waals surface area contributed by atoms with E-state index >= 15 is 0 Å². The molecule has 25 heavy (non-hydrogen) atoms. The van der Waals surface area contributed by atoms with Gasteiger partial charge in [-0.05, 0) is 24.6 Å². The zero-order valence-corrected chi connectivity index (χ0v) is 14.6. The highest BCUT2D eigenvalue weighted by atomic mass is 19.4. The number of halogens is 3. The van der Waals surface area contributed by atoms with E-state index in [9.17, 15) is 13.2 Å². The Morgan fingerprint density at radius 1 is 1.32 bits per heavy atom. The minimum absolute atomic E-state index is 0.108. The summed E-state index contributed by atoms with van der Waals surface area (Å²) in [5.41, 5.74) is -0.462. The third-order valence-electron chi connectivity index (χ3n) is 3.91. The van der Waals surface area contributed by atoms with Crippen molar-refractivity contribution in [3.05, 3.63) is 29.2 Å². The number of nitrogens with one attached hydrogen (secondary N) is 1. The van der Waals surface area contributed by atoms with Crippen molar-refractivity contribution in [3.8, 4) is 12.3 Å². The van der Waals surface area contributed by atoms with Crippen molar-refractivity contribution in [1.82, 2.24) is 10.3 Å². The largest absolute Gasteiger partial charge is 0.440 e. The lowest BCUT2D eigenvalue weighted by Crippen LogP contribution is -2.37. The Hall–Kier alpha value is -2.04. The van der Waals surface area contributed by atoms with E-state index < -0.39 is 17.8 Å². The number of methoxy groups -OCH3 is 1. The molecule has 0 spiro atoms. The molecular formula is C18H21F3N2O2. The van der Waals surface area contributed by atoms with E-state index in [0.717, 1.165) is 6.07 Å². The van der Waals surface area contributed by atoms with Crippen LogP contribution < -0.4 is 5.32 Å². The van der Waals surface area contributed by atoms with Gasteiger partial charge in [-0.1, -0.05) is 19.8 Å². The van der Waals surface area contributed by atoms with Gasteiger partial charge in [0.15, 0.2) is 11.5 Å². The van der Waals surface area contributed by atoms with Crippen LogP contribution in [0, 0.1) is 12.3 Å². The van der Waals surface area contributed by atoms with Crippen molar-refractivity contribution in [1.29, 1.82) is 0 Å². The molecule has 0 unspecified atom stereocenters. The Bertz CT molecular complexity index is 775. The van der Waals surface area contributed by atoms with Crippen LogP contribution in [0.15, 0.2) is 16.5 Å². The maximum absolute atomic E-state index is 13.4. The molecule has 1 heterocycles. The first-order chi connectivity index (χ1) is 11.7. The molecule has 0 aliphatic rings. The number of aromatic nitrogens is 1. The summed E-state index contributed by atoms with van der Waals surface area (Å²) in [6, 6.07) is 2.23. The van der Waals surface area contributed by atoms with Crippen LogP contribution in [-0.2, 0) is 17.5 Å². The van der Waals surface area contributed by atoms with Gasteiger partial charge in [-0.2, -0.15) is 13.2 Å². The lowest BCUT2D eigenvalue weighted by molar-refractivity contribution is -0.136.